The van der Waals surface area contributed by atoms with Crippen LogP contribution in [0.25, 0.3) is 0 Å². The van der Waals surface area contributed by atoms with Gasteiger partial charge in [-0.1, -0.05) is 13.8 Å². The maximum Gasteiger partial charge on any atom is 0.0944 e. The van der Waals surface area contributed by atoms with Gasteiger partial charge in [0.05, 0.1) is 5.01 Å². The summed E-state index contributed by atoms with van der Waals surface area (Å²) < 4.78 is 0. The maximum atomic E-state index is 5.54. The topological polar surface area (TPSA) is 50.9 Å². The Balaban J connectivity index is 2.39. The molecule has 15 heavy (non-hydrogen) atoms. The lowest BCUT2D eigenvalue weighted by molar-refractivity contribution is 0.434. The van der Waals surface area contributed by atoms with Crippen LogP contribution in [-0.4, -0.2) is 11.0 Å². The number of aromatic nitrogens is 1. The summed E-state index contributed by atoms with van der Waals surface area (Å²) in [5.74, 6) is 6.28. The smallest absolute Gasteiger partial charge is 0.0944 e. The minimum atomic E-state index is 0.359. The summed E-state index contributed by atoms with van der Waals surface area (Å²) >= 11 is 1.72. The molecule has 0 spiro atoms. The first kappa shape index (κ1) is 12.6. The molecule has 1 aromatic rings. The molecule has 1 aromatic heterocycles. The van der Waals surface area contributed by atoms with Crippen molar-refractivity contribution in [1.82, 2.24) is 10.4 Å². The highest BCUT2D eigenvalue weighted by atomic mass is 32.1. The minimum absolute atomic E-state index is 0.359. The summed E-state index contributed by atoms with van der Waals surface area (Å²) in [7, 11) is 0. The summed E-state index contributed by atoms with van der Waals surface area (Å²) in [5, 5.41) is 3.27. The van der Waals surface area contributed by atoms with Crippen LogP contribution in [0.2, 0.25) is 0 Å². The van der Waals surface area contributed by atoms with E-state index in [4.69, 9.17) is 5.84 Å². The van der Waals surface area contributed by atoms with Gasteiger partial charge < -0.3 is 0 Å². The van der Waals surface area contributed by atoms with Crippen molar-refractivity contribution in [2.24, 2.45) is 11.8 Å². The number of nitrogens with one attached hydrogen (secondary N) is 1. The number of thiazole rings is 1. The normalized spacial score (nSPS) is 13.4. The van der Waals surface area contributed by atoms with Crippen molar-refractivity contribution in [1.29, 1.82) is 0 Å². The van der Waals surface area contributed by atoms with E-state index >= 15 is 0 Å². The lowest BCUT2D eigenvalue weighted by atomic mass is 10.0. The van der Waals surface area contributed by atoms with Gasteiger partial charge in [-0.2, -0.15) is 0 Å². The molecule has 0 aliphatic rings. The molecule has 0 fully saturated rings. The van der Waals surface area contributed by atoms with Gasteiger partial charge in [0.2, 0.25) is 0 Å². The molecule has 3 N–H and O–H groups in total. The maximum absolute atomic E-state index is 5.54. The Bertz CT molecular complexity index is 283. The van der Waals surface area contributed by atoms with E-state index in [9.17, 15) is 0 Å². The Labute approximate surface area is 96.1 Å². The lowest BCUT2D eigenvalue weighted by Gasteiger charge is -2.15. The van der Waals surface area contributed by atoms with Crippen LogP contribution in [0.3, 0.4) is 0 Å². The van der Waals surface area contributed by atoms with E-state index in [1.807, 2.05) is 6.92 Å². The predicted molar refractivity (Wildman–Crippen MR) is 65.7 cm³/mol. The quantitative estimate of drug-likeness (QED) is 0.579. The third kappa shape index (κ3) is 4.73. The van der Waals surface area contributed by atoms with Crippen LogP contribution in [-0.2, 0) is 6.42 Å². The van der Waals surface area contributed by atoms with Gasteiger partial charge in [0.1, 0.15) is 0 Å². The number of hydrazine groups is 1. The first-order chi connectivity index (χ1) is 7.11. The van der Waals surface area contributed by atoms with Crippen LogP contribution < -0.4 is 11.3 Å². The molecule has 1 heterocycles. The molecule has 0 aromatic carbocycles. The number of hydrogen-bond donors (Lipinski definition) is 2. The molecule has 0 radical (unpaired) electrons. The summed E-state index contributed by atoms with van der Waals surface area (Å²) in [6, 6.07) is 0.359. The number of hydrogen-bond acceptors (Lipinski definition) is 4. The van der Waals surface area contributed by atoms with E-state index < -0.39 is 0 Å². The fourth-order valence-electron chi connectivity index (χ4n) is 1.49. The second kappa shape index (κ2) is 6.20. The average molecular weight is 227 g/mol. The van der Waals surface area contributed by atoms with Crippen LogP contribution in [0.15, 0.2) is 5.38 Å². The number of aryl methyl sites for hydroxylation is 1. The summed E-state index contributed by atoms with van der Waals surface area (Å²) in [6.07, 6.45) is 3.27. The van der Waals surface area contributed by atoms with Crippen molar-refractivity contribution in [3.05, 3.63) is 16.1 Å². The predicted octanol–water partition coefficient (Wildman–Crippen LogP) is 2.26. The third-order valence-corrected chi connectivity index (χ3v) is 3.40. The molecule has 0 bridgehead atoms. The van der Waals surface area contributed by atoms with Crippen molar-refractivity contribution in [3.8, 4) is 0 Å². The third-order valence-electron chi connectivity index (χ3n) is 2.42. The first-order valence-corrected chi connectivity index (χ1v) is 6.37. The Morgan fingerprint density at radius 3 is 2.67 bits per heavy atom. The second-order valence-corrected chi connectivity index (χ2v) is 5.36. The molecule has 0 saturated heterocycles. The van der Waals surface area contributed by atoms with Gasteiger partial charge in [-0.25, -0.2) is 4.98 Å². The Morgan fingerprint density at radius 1 is 1.47 bits per heavy atom. The van der Waals surface area contributed by atoms with E-state index in [0.29, 0.717) is 6.04 Å². The largest absolute Gasteiger partial charge is 0.271 e. The van der Waals surface area contributed by atoms with Crippen LogP contribution >= 0.6 is 11.3 Å². The van der Waals surface area contributed by atoms with E-state index in [1.54, 1.807) is 11.3 Å². The average Bonchev–Trinajstić information content (AvgIpc) is 2.58. The standard InChI is InChI=1S/C11H21N3S/c1-8(2)4-5-10(14-12)6-11-13-9(3)7-15-11/h7-8,10,14H,4-6,12H2,1-3H3. The molecule has 0 aliphatic carbocycles. The monoisotopic (exact) mass is 227 g/mol. The fourth-order valence-corrected chi connectivity index (χ4v) is 2.34. The van der Waals surface area contributed by atoms with Gasteiger partial charge in [-0.05, 0) is 25.7 Å². The summed E-state index contributed by atoms with van der Waals surface area (Å²) in [6.45, 7) is 6.50. The van der Waals surface area contributed by atoms with Gasteiger partial charge in [-0.3, -0.25) is 11.3 Å². The zero-order chi connectivity index (χ0) is 11.3. The van der Waals surface area contributed by atoms with Crippen LogP contribution in [0, 0.1) is 12.8 Å². The molecule has 3 nitrogen and oxygen atoms in total. The SMILES string of the molecule is Cc1csc(CC(CCC(C)C)NN)n1. The molecule has 86 valence electrons. The molecule has 1 unspecified atom stereocenters. The fraction of sp³-hybridized carbons (Fsp3) is 0.727. The van der Waals surface area contributed by atoms with E-state index in [0.717, 1.165) is 24.5 Å². The summed E-state index contributed by atoms with van der Waals surface area (Å²) in [4.78, 5) is 4.45. The molecule has 0 saturated carbocycles. The van der Waals surface area contributed by atoms with Crippen molar-refractivity contribution >= 4 is 11.3 Å². The van der Waals surface area contributed by atoms with Gasteiger partial charge in [0.25, 0.3) is 0 Å². The van der Waals surface area contributed by atoms with Crippen LogP contribution in [0.4, 0.5) is 0 Å². The number of rotatable bonds is 6. The Hall–Kier alpha value is -0.450. The molecular formula is C11H21N3S. The van der Waals surface area contributed by atoms with Crippen molar-refractivity contribution in [2.45, 2.75) is 46.1 Å². The van der Waals surface area contributed by atoms with E-state index in [-0.39, 0.29) is 0 Å². The number of nitrogens with zero attached hydrogens (tertiary/aromatic N) is 1. The van der Waals surface area contributed by atoms with Gasteiger partial charge in [0, 0.05) is 23.5 Å². The lowest BCUT2D eigenvalue weighted by Crippen LogP contribution is -2.36. The Kier molecular flexibility index (Phi) is 5.22. The summed E-state index contributed by atoms with van der Waals surface area (Å²) in [5.41, 5.74) is 3.99. The van der Waals surface area contributed by atoms with Crippen molar-refractivity contribution < 1.29 is 0 Å². The highest BCUT2D eigenvalue weighted by molar-refractivity contribution is 7.09. The van der Waals surface area contributed by atoms with E-state index in [1.165, 1.54) is 11.4 Å². The molecule has 1 atom stereocenters. The zero-order valence-corrected chi connectivity index (χ0v) is 10.6. The minimum Gasteiger partial charge on any atom is -0.271 e. The van der Waals surface area contributed by atoms with Crippen molar-refractivity contribution in [2.75, 3.05) is 0 Å². The van der Waals surface area contributed by atoms with Crippen LogP contribution in [0.5, 0.6) is 0 Å². The first-order valence-electron chi connectivity index (χ1n) is 5.49. The van der Waals surface area contributed by atoms with Gasteiger partial charge in [-0.15, -0.1) is 11.3 Å². The van der Waals surface area contributed by atoms with Gasteiger partial charge >= 0.3 is 0 Å². The van der Waals surface area contributed by atoms with Gasteiger partial charge in [0.15, 0.2) is 0 Å². The zero-order valence-electron chi connectivity index (χ0n) is 9.79. The second-order valence-electron chi connectivity index (χ2n) is 4.42. The molecular weight excluding hydrogens is 206 g/mol. The van der Waals surface area contributed by atoms with E-state index in [2.05, 4.69) is 29.6 Å². The highest BCUT2D eigenvalue weighted by Crippen LogP contribution is 2.14. The highest BCUT2D eigenvalue weighted by Gasteiger charge is 2.10. The molecule has 0 aliphatic heterocycles. The van der Waals surface area contributed by atoms with Crippen LogP contribution in [0.1, 0.15) is 37.4 Å². The molecule has 0 amide bonds. The Morgan fingerprint density at radius 2 is 2.20 bits per heavy atom. The molecule has 1 rings (SSSR count). The molecule has 4 heteroatoms. The van der Waals surface area contributed by atoms with Crippen molar-refractivity contribution in [3.63, 3.8) is 0 Å². The number of nitrogens with two attached hydrogens (primary N) is 1.